The Labute approximate surface area is 171 Å². The molecule has 0 unspecified atom stereocenters. The Balaban J connectivity index is 1.40. The molecular formula is C22H25N3O3S. The van der Waals surface area contributed by atoms with Gasteiger partial charge in [-0.15, -0.1) is 0 Å². The largest absolute Gasteiger partial charge is 0.441 e. The van der Waals surface area contributed by atoms with Crippen LogP contribution in [0, 0.1) is 13.8 Å². The van der Waals surface area contributed by atoms with E-state index < -0.39 is 10.0 Å². The molecule has 2 aromatic carbocycles. The smallest absolute Gasteiger partial charge is 0.243 e. The predicted molar refractivity (Wildman–Crippen MR) is 112 cm³/mol. The fourth-order valence-corrected chi connectivity index (χ4v) is 4.90. The molecule has 7 heteroatoms. The molecule has 29 heavy (non-hydrogen) atoms. The Morgan fingerprint density at radius 2 is 1.59 bits per heavy atom. The number of rotatable bonds is 5. The van der Waals surface area contributed by atoms with Crippen molar-refractivity contribution in [1.82, 2.24) is 14.2 Å². The van der Waals surface area contributed by atoms with Crippen molar-refractivity contribution in [2.24, 2.45) is 0 Å². The van der Waals surface area contributed by atoms with Crippen LogP contribution in [0.3, 0.4) is 0 Å². The average molecular weight is 412 g/mol. The van der Waals surface area contributed by atoms with Crippen LogP contribution in [-0.4, -0.2) is 48.8 Å². The van der Waals surface area contributed by atoms with E-state index in [1.54, 1.807) is 16.4 Å². The zero-order valence-corrected chi connectivity index (χ0v) is 17.5. The molecule has 1 aliphatic heterocycles. The second kappa shape index (κ2) is 8.10. The van der Waals surface area contributed by atoms with Gasteiger partial charge in [-0.05, 0) is 38.1 Å². The second-order valence-electron chi connectivity index (χ2n) is 7.38. The molecule has 1 aromatic heterocycles. The number of piperazine rings is 1. The van der Waals surface area contributed by atoms with E-state index in [-0.39, 0.29) is 0 Å². The van der Waals surface area contributed by atoms with E-state index in [9.17, 15) is 8.42 Å². The molecule has 0 aliphatic carbocycles. The lowest BCUT2D eigenvalue weighted by Crippen LogP contribution is -2.48. The first kappa shape index (κ1) is 19.8. The molecular weight excluding hydrogens is 386 g/mol. The van der Waals surface area contributed by atoms with Gasteiger partial charge >= 0.3 is 0 Å². The molecule has 1 fully saturated rings. The Morgan fingerprint density at radius 1 is 0.931 bits per heavy atom. The van der Waals surface area contributed by atoms with Crippen LogP contribution in [0.2, 0.25) is 0 Å². The molecule has 0 amide bonds. The third kappa shape index (κ3) is 4.27. The van der Waals surface area contributed by atoms with Crippen molar-refractivity contribution in [3.8, 4) is 11.5 Å². The Morgan fingerprint density at radius 3 is 2.24 bits per heavy atom. The minimum absolute atomic E-state index is 0.358. The number of hydrogen-bond acceptors (Lipinski definition) is 5. The molecule has 0 atom stereocenters. The summed E-state index contributed by atoms with van der Waals surface area (Å²) in [4.78, 5) is 7.24. The maximum atomic E-state index is 12.9. The van der Waals surface area contributed by atoms with Gasteiger partial charge in [-0.1, -0.05) is 35.9 Å². The van der Waals surface area contributed by atoms with Crippen LogP contribution in [0.1, 0.15) is 17.0 Å². The zero-order chi connectivity index (χ0) is 20.4. The molecule has 3 aromatic rings. The first-order valence-electron chi connectivity index (χ1n) is 9.74. The monoisotopic (exact) mass is 411 g/mol. The van der Waals surface area contributed by atoms with Crippen LogP contribution < -0.4 is 0 Å². The van der Waals surface area contributed by atoms with Gasteiger partial charge < -0.3 is 4.42 Å². The molecule has 0 saturated carbocycles. The predicted octanol–water partition coefficient (Wildman–Crippen LogP) is 3.46. The Hall–Kier alpha value is -2.48. The standard InChI is InChI=1S/C22H25N3O3S/c1-17-8-10-20(11-9-17)29(26,27)25-14-12-24(13-15-25)16-21-18(2)28-22(23-21)19-6-4-3-5-7-19/h3-11H,12-16H2,1-2H3. The molecule has 4 rings (SSSR count). The first-order valence-corrected chi connectivity index (χ1v) is 11.2. The van der Waals surface area contributed by atoms with E-state index in [1.165, 1.54) is 0 Å². The van der Waals surface area contributed by atoms with Crippen molar-refractivity contribution in [2.45, 2.75) is 25.3 Å². The summed E-state index contributed by atoms with van der Waals surface area (Å²) in [7, 11) is -3.44. The number of sulfonamides is 1. The van der Waals surface area contributed by atoms with Crippen molar-refractivity contribution >= 4 is 10.0 Å². The highest BCUT2D eigenvalue weighted by Gasteiger charge is 2.29. The van der Waals surface area contributed by atoms with Crippen LogP contribution in [0.4, 0.5) is 0 Å². The molecule has 0 spiro atoms. The quantitative estimate of drug-likeness (QED) is 0.643. The maximum Gasteiger partial charge on any atom is 0.243 e. The van der Waals surface area contributed by atoms with E-state index >= 15 is 0 Å². The van der Waals surface area contributed by atoms with Gasteiger partial charge in [-0.2, -0.15) is 4.31 Å². The van der Waals surface area contributed by atoms with E-state index in [0.717, 1.165) is 22.6 Å². The number of oxazole rings is 1. The van der Waals surface area contributed by atoms with Crippen molar-refractivity contribution in [3.05, 3.63) is 71.6 Å². The van der Waals surface area contributed by atoms with Crippen molar-refractivity contribution in [2.75, 3.05) is 26.2 Å². The third-order valence-electron chi connectivity index (χ3n) is 5.28. The summed E-state index contributed by atoms with van der Waals surface area (Å²) in [5.41, 5.74) is 2.90. The van der Waals surface area contributed by atoms with Crippen LogP contribution >= 0.6 is 0 Å². The van der Waals surface area contributed by atoms with Crippen molar-refractivity contribution < 1.29 is 12.8 Å². The highest BCUT2D eigenvalue weighted by molar-refractivity contribution is 7.89. The maximum absolute atomic E-state index is 12.9. The fraction of sp³-hybridized carbons (Fsp3) is 0.318. The Kier molecular flexibility index (Phi) is 5.54. The van der Waals surface area contributed by atoms with E-state index in [2.05, 4.69) is 9.88 Å². The number of aryl methyl sites for hydroxylation is 2. The zero-order valence-electron chi connectivity index (χ0n) is 16.7. The minimum Gasteiger partial charge on any atom is -0.441 e. The van der Waals surface area contributed by atoms with Crippen LogP contribution in [0.15, 0.2) is 63.9 Å². The van der Waals surface area contributed by atoms with Crippen LogP contribution in [-0.2, 0) is 16.6 Å². The second-order valence-corrected chi connectivity index (χ2v) is 9.32. The van der Waals surface area contributed by atoms with Gasteiger partial charge in [0, 0.05) is 38.3 Å². The molecule has 0 radical (unpaired) electrons. The topological polar surface area (TPSA) is 66.7 Å². The number of nitrogens with zero attached hydrogens (tertiary/aromatic N) is 3. The molecule has 0 bridgehead atoms. The van der Waals surface area contributed by atoms with E-state index in [1.807, 2.05) is 56.3 Å². The summed E-state index contributed by atoms with van der Waals surface area (Å²) in [5.74, 6) is 1.43. The van der Waals surface area contributed by atoms with Gasteiger partial charge in [0.25, 0.3) is 0 Å². The highest BCUT2D eigenvalue weighted by Crippen LogP contribution is 2.23. The van der Waals surface area contributed by atoms with Crippen LogP contribution in [0.5, 0.6) is 0 Å². The molecule has 6 nitrogen and oxygen atoms in total. The van der Waals surface area contributed by atoms with Gasteiger partial charge in [0.1, 0.15) is 5.76 Å². The minimum atomic E-state index is -3.44. The summed E-state index contributed by atoms with van der Waals surface area (Å²) >= 11 is 0. The molecule has 0 N–H and O–H groups in total. The summed E-state index contributed by atoms with van der Waals surface area (Å²) in [6.07, 6.45) is 0. The van der Waals surface area contributed by atoms with E-state index in [4.69, 9.17) is 4.42 Å². The first-order chi connectivity index (χ1) is 13.9. The third-order valence-corrected chi connectivity index (χ3v) is 7.19. The number of benzene rings is 2. The Bertz CT molecular complexity index is 1070. The lowest BCUT2D eigenvalue weighted by molar-refractivity contribution is 0.179. The summed E-state index contributed by atoms with van der Waals surface area (Å²) < 4.78 is 33.1. The van der Waals surface area contributed by atoms with Gasteiger partial charge in [0.05, 0.1) is 10.6 Å². The lowest BCUT2D eigenvalue weighted by Gasteiger charge is -2.33. The van der Waals surface area contributed by atoms with Gasteiger partial charge in [-0.3, -0.25) is 4.90 Å². The van der Waals surface area contributed by atoms with Crippen molar-refractivity contribution in [1.29, 1.82) is 0 Å². The summed E-state index contributed by atoms with van der Waals surface area (Å²) in [6.45, 7) is 6.80. The lowest BCUT2D eigenvalue weighted by atomic mass is 10.2. The summed E-state index contributed by atoms with van der Waals surface area (Å²) in [5, 5.41) is 0. The SMILES string of the molecule is Cc1ccc(S(=O)(=O)N2CCN(Cc3nc(-c4ccccc4)oc3C)CC2)cc1. The van der Waals surface area contributed by atoms with E-state index in [0.29, 0.717) is 43.5 Å². The molecule has 1 saturated heterocycles. The molecule has 1 aliphatic rings. The highest BCUT2D eigenvalue weighted by atomic mass is 32.2. The molecule has 2 heterocycles. The number of aromatic nitrogens is 1. The summed E-state index contributed by atoms with van der Waals surface area (Å²) in [6, 6.07) is 16.9. The van der Waals surface area contributed by atoms with Gasteiger partial charge in [0.15, 0.2) is 0 Å². The average Bonchev–Trinajstić information content (AvgIpc) is 3.10. The fourth-order valence-electron chi connectivity index (χ4n) is 3.48. The van der Waals surface area contributed by atoms with Gasteiger partial charge in [-0.25, -0.2) is 13.4 Å². The normalized spacial score (nSPS) is 16.2. The van der Waals surface area contributed by atoms with Crippen molar-refractivity contribution in [3.63, 3.8) is 0 Å². The van der Waals surface area contributed by atoms with Crippen LogP contribution in [0.25, 0.3) is 11.5 Å². The van der Waals surface area contributed by atoms with Gasteiger partial charge in [0.2, 0.25) is 15.9 Å². The number of hydrogen-bond donors (Lipinski definition) is 0. The molecule has 152 valence electrons.